The van der Waals surface area contributed by atoms with Crippen molar-refractivity contribution in [1.82, 2.24) is 0 Å². The summed E-state index contributed by atoms with van der Waals surface area (Å²) < 4.78 is 66.5. The molecule has 0 aromatic heterocycles. The zero-order valence-electron chi connectivity index (χ0n) is 17.5. The van der Waals surface area contributed by atoms with Gasteiger partial charge in [0.2, 0.25) is 0 Å². The molecule has 2 amide bonds. The molecule has 8 nitrogen and oxygen atoms in total. The van der Waals surface area contributed by atoms with Gasteiger partial charge < -0.3 is 14.6 Å². The van der Waals surface area contributed by atoms with Crippen molar-refractivity contribution in [2.75, 3.05) is 23.4 Å². The number of phenolic OH excluding ortho intramolecular Hbond substituents is 1. The van der Waals surface area contributed by atoms with Gasteiger partial charge in [-0.2, -0.15) is 4.31 Å². The van der Waals surface area contributed by atoms with Crippen LogP contribution < -0.4 is 18.7 Å². The number of aromatic hydroxyl groups is 1. The number of hydrogen-bond acceptors (Lipinski definition) is 6. The number of nitrogens with zero attached hydrogens (tertiary/aromatic N) is 2. The minimum atomic E-state index is -4.36. The lowest BCUT2D eigenvalue weighted by atomic mass is 10.1. The summed E-state index contributed by atoms with van der Waals surface area (Å²) in [6.07, 6.45) is 0. The molecule has 1 aliphatic rings. The minimum Gasteiger partial charge on any atom is -0.508 e. The maximum Gasteiger partial charge on any atom is 0.343 e. The standard InChI is InChI=1S/C22H18F2N2O6S/c1-31-19-8-7-13(9-20(19)32-2)26-22(28)25(12-15-16(23)10-14(27)11-17(15)24)18-5-3-4-6-21(18)33(26,29)30/h3-11,27H,12H2,1-2H3. The first-order valence-electron chi connectivity index (χ1n) is 9.53. The van der Waals surface area contributed by atoms with E-state index >= 15 is 0 Å². The predicted octanol–water partition coefficient (Wildman–Crippen LogP) is 4.02. The molecule has 1 heterocycles. The number of sulfonamides is 1. The highest BCUT2D eigenvalue weighted by Crippen LogP contribution is 2.40. The Morgan fingerprint density at radius 2 is 1.58 bits per heavy atom. The van der Waals surface area contributed by atoms with Crippen molar-refractivity contribution in [3.63, 3.8) is 0 Å². The Balaban J connectivity index is 1.89. The van der Waals surface area contributed by atoms with Crippen LogP contribution in [0.2, 0.25) is 0 Å². The van der Waals surface area contributed by atoms with E-state index < -0.39 is 45.5 Å². The van der Waals surface area contributed by atoms with E-state index in [4.69, 9.17) is 9.47 Å². The van der Waals surface area contributed by atoms with Crippen molar-refractivity contribution in [1.29, 1.82) is 0 Å². The average Bonchev–Trinajstić information content (AvgIpc) is 2.77. The smallest absolute Gasteiger partial charge is 0.343 e. The van der Waals surface area contributed by atoms with E-state index in [2.05, 4.69) is 0 Å². The van der Waals surface area contributed by atoms with Gasteiger partial charge in [-0.1, -0.05) is 12.1 Å². The Labute approximate surface area is 188 Å². The number of amides is 2. The summed E-state index contributed by atoms with van der Waals surface area (Å²) in [4.78, 5) is 14.2. The van der Waals surface area contributed by atoms with Crippen molar-refractivity contribution < 1.29 is 36.6 Å². The first kappa shape index (κ1) is 22.3. The summed E-state index contributed by atoms with van der Waals surface area (Å²) in [7, 11) is -1.61. The Morgan fingerprint density at radius 3 is 2.21 bits per heavy atom. The number of hydrogen-bond donors (Lipinski definition) is 1. The molecule has 0 saturated heterocycles. The lowest BCUT2D eigenvalue weighted by Crippen LogP contribution is -2.50. The molecule has 1 N–H and O–H groups in total. The molecule has 0 bridgehead atoms. The van der Waals surface area contributed by atoms with Gasteiger partial charge in [0.15, 0.2) is 11.5 Å². The maximum atomic E-state index is 14.4. The van der Waals surface area contributed by atoms with Crippen LogP contribution in [0.4, 0.5) is 25.0 Å². The molecule has 0 fully saturated rings. The highest BCUT2D eigenvalue weighted by Gasteiger charge is 2.43. The van der Waals surface area contributed by atoms with Crippen molar-refractivity contribution in [2.24, 2.45) is 0 Å². The van der Waals surface area contributed by atoms with Gasteiger partial charge in [0.25, 0.3) is 10.0 Å². The van der Waals surface area contributed by atoms with Crippen LogP contribution in [-0.4, -0.2) is 33.8 Å². The third-order valence-corrected chi connectivity index (χ3v) is 6.87. The largest absolute Gasteiger partial charge is 0.508 e. The summed E-state index contributed by atoms with van der Waals surface area (Å²) in [6.45, 7) is -0.618. The van der Waals surface area contributed by atoms with E-state index in [0.29, 0.717) is 22.2 Å². The second kappa shape index (κ2) is 8.24. The molecule has 4 rings (SSSR count). The van der Waals surface area contributed by atoms with Crippen LogP contribution in [0.5, 0.6) is 17.2 Å². The second-order valence-electron chi connectivity index (χ2n) is 7.03. The monoisotopic (exact) mass is 476 g/mol. The summed E-state index contributed by atoms with van der Waals surface area (Å²) >= 11 is 0. The van der Waals surface area contributed by atoms with Gasteiger partial charge in [0.1, 0.15) is 22.3 Å². The normalized spacial score (nSPS) is 14.7. The van der Waals surface area contributed by atoms with E-state index in [-0.39, 0.29) is 22.0 Å². The molecule has 0 unspecified atom stereocenters. The fourth-order valence-electron chi connectivity index (χ4n) is 3.56. The molecule has 1 aliphatic heterocycles. The second-order valence-corrected chi connectivity index (χ2v) is 8.79. The minimum absolute atomic E-state index is 0.0360. The van der Waals surface area contributed by atoms with Crippen molar-refractivity contribution in [2.45, 2.75) is 11.4 Å². The van der Waals surface area contributed by atoms with E-state index in [9.17, 15) is 27.1 Å². The maximum absolute atomic E-state index is 14.4. The van der Waals surface area contributed by atoms with Gasteiger partial charge >= 0.3 is 6.03 Å². The van der Waals surface area contributed by atoms with E-state index in [1.807, 2.05) is 0 Å². The van der Waals surface area contributed by atoms with Gasteiger partial charge in [0.05, 0.1) is 32.1 Å². The summed E-state index contributed by atoms with van der Waals surface area (Å²) in [5, 5.41) is 9.42. The molecule has 0 aliphatic carbocycles. The first-order valence-corrected chi connectivity index (χ1v) is 11.0. The average molecular weight is 476 g/mol. The van der Waals surface area contributed by atoms with Crippen LogP contribution in [0.1, 0.15) is 5.56 Å². The molecule has 11 heteroatoms. The number of fused-ring (bicyclic) bond motifs is 1. The molecular weight excluding hydrogens is 458 g/mol. The molecule has 0 atom stereocenters. The number of phenols is 1. The van der Waals surface area contributed by atoms with Crippen molar-refractivity contribution in [3.8, 4) is 17.2 Å². The lowest BCUT2D eigenvalue weighted by molar-refractivity contribution is 0.253. The number of benzene rings is 3. The van der Waals surface area contributed by atoms with Crippen molar-refractivity contribution >= 4 is 27.4 Å². The van der Waals surface area contributed by atoms with Gasteiger partial charge in [-0.3, -0.25) is 4.90 Å². The Morgan fingerprint density at radius 1 is 0.939 bits per heavy atom. The number of halogens is 2. The molecule has 0 saturated carbocycles. The lowest BCUT2D eigenvalue weighted by Gasteiger charge is -2.36. The van der Waals surface area contributed by atoms with Crippen LogP contribution in [0.25, 0.3) is 0 Å². The number of methoxy groups -OCH3 is 2. The Hall–Kier alpha value is -3.86. The van der Waals surface area contributed by atoms with E-state index in [1.165, 1.54) is 56.7 Å². The fourth-order valence-corrected chi connectivity index (χ4v) is 5.15. The third kappa shape index (κ3) is 3.69. The van der Waals surface area contributed by atoms with E-state index in [0.717, 1.165) is 4.90 Å². The fraction of sp³-hybridized carbons (Fsp3) is 0.136. The highest BCUT2D eigenvalue weighted by atomic mass is 32.2. The Bertz CT molecular complexity index is 1340. The zero-order valence-corrected chi connectivity index (χ0v) is 18.3. The van der Waals surface area contributed by atoms with Crippen LogP contribution in [0.3, 0.4) is 0 Å². The molecule has 0 spiro atoms. The summed E-state index contributed by atoms with van der Waals surface area (Å²) in [5.74, 6) is -2.28. The zero-order chi connectivity index (χ0) is 23.9. The van der Waals surface area contributed by atoms with E-state index in [1.54, 1.807) is 0 Å². The number of rotatable bonds is 5. The molecule has 3 aromatic rings. The molecule has 172 valence electrons. The number of ether oxygens (including phenoxy) is 2. The molecule has 3 aromatic carbocycles. The number of para-hydroxylation sites is 1. The van der Waals surface area contributed by atoms with Crippen LogP contribution in [0.15, 0.2) is 59.5 Å². The van der Waals surface area contributed by atoms with Crippen LogP contribution >= 0.6 is 0 Å². The van der Waals surface area contributed by atoms with Gasteiger partial charge in [0, 0.05) is 23.8 Å². The number of urea groups is 1. The number of carbonyl (C=O) groups excluding carboxylic acids is 1. The highest BCUT2D eigenvalue weighted by molar-refractivity contribution is 7.94. The topological polar surface area (TPSA) is 96.4 Å². The quantitative estimate of drug-likeness (QED) is 0.598. The molecule has 33 heavy (non-hydrogen) atoms. The predicted molar refractivity (Wildman–Crippen MR) is 115 cm³/mol. The van der Waals surface area contributed by atoms with Gasteiger partial charge in [-0.05, 0) is 24.3 Å². The summed E-state index contributed by atoms with van der Waals surface area (Å²) in [5.41, 5.74) is -0.600. The number of carbonyl (C=O) groups is 1. The third-order valence-electron chi connectivity index (χ3n) is 5.12. The van der Waals surface area contributed by atoms with Gasteiger partial charge in [-0.25, -0.2) is 22.0 Å². The Kier molecular flexibility index (Phi) is 5.58. The molecular formula is C22H18F2N2O6S. The SMILES string of the molecule is COc1ccc(N2C(=O)N(Cc3c(F)cc(O)cc3F)c3ccccc3S2(=O)=O)cc1OC. The van der Waals surface area contributed by atoms with Crippen molar-refractivity contribution in [3.05, 3.63) is 71.8 Å². The van der Waals surface area contributed by atoms with Crippen LogP contribution in [0, 0.1) is 11.6 Å². The first-order chi connectivity index (χ1) is 15.7. The van der Waals surface area contributed by atoms with Crippen LogP contribution in [-0.2, 0) is 16.6 Å². The summed E-state index contributed by atoms with van der Waals surface area (Å²) in [6, 6.07) is 10.1. The number of anilines is 2. The van der Waals surface area contributed by atoms with Gasteiger partial charge in [-0.15, -0.1) is 0 Å². The molecule has 0 radical (unpaired) electrons.